The van der Waals surface area contributed by atoms with Gasteiger partial charge in [0, 0.05) is 18.9 Å². The van der Waals surface area contributed by atoms with E-state index in [1.165, 1.54) is 0 Å². The zero-order chi connectivity index (χ0) is 12.3. The minimum Gasteiger partial charge on any atom is -0.385 e. The standard InChI is InChI=1S/C13H24N2O/c1-6-15-8-7-14-12(15)11(16)9-10(2)13(3,4)5/h7-8,10-11,16H,6,9H2,1-5H3. The van der Waals surface area contributed by atoms with E-state index in [0.717, 1.165) is 18.8 Å². The molecule has 3 nitrogen and oxygen atoms in total. The van der Waals surface area contributed by atoms with Crippen LogP contribution < -0.4 is 0 Å². The second-order valence-electron chi connectivity index (χ2n) is 5.59. The van der Waals surface area contributed by atoms with E-state index in [2.05, 4.69) is 39.6 Å². The maximum Gasteiger partial charge on any atom is 0.137 e. The van der Waals surface area contributed by atoms with Gasteiger partial charge in [0.2, 0.25) is 0 Å². The van der Waals surface area contributed by atoms with E-state index < -0.39 is 6.10 Å². The first-order valence-electron chi connectivity index (χ1n) is 6.05. The molecule has 0 radical (unpaired) electrons. The van der Waals surface area contributed by atoms with Gasteiger partial charge in [-0.2, -0.15) is 0 Å². The lowest BCUT2D eigenvalue weighted by Gasteiger charge is -2.29. The van der Waals surface area contributed by atoms with Crippen LogP contribution in [0.15, 0.2) is 12.4 Å². The fraction of sp³-hybridized carbons (Fsp3) is 0.769. The summed E-state index contributed by atoms with van der Waals surface area (Å²) in [6, 6.07) is 0. The Morgan fingerprint density at radius 3 is 2.56 bits per heavy atom. The molecule has 1 rings (SSSR count). The van der Waals surface area contributed by atoms with Crippen molar-refractivity contribution < 1.29 is 5.11 Å². The summed E-state index contributed by atoms with van der Waals surface area (Å²) in [6.45, 7) is 11.7. The van der Waals surface area contributed by atoms with Crippen molar-refractivity contribution in [1.82, 2.24) is 9.55 Å². The Hall–Kier alpha value is -0.830. The molecule has 3 heteroatoms. The number of imidazole rings is 1. The number of nitrogens with zero attached hydrogens (tertiary/aromatic N) is 2. The summed E-state index contributed by atoms with van der Waals surface area (Å²) >= 11 is 0. The van der Waals surface area contributed by atoms with E-state index in [1.807, 2.05) is 10.8 Å². The van der Waals surface area contributed by atoms with E-state index in [4.69, 9.17) is 0 Å². The van der Waals surface area contributed by atoms with Crippen LogP contribution in [-0.4, -0.2) is 14.7 Å². The second-order valence-corrected chi connectivity index (χ2v) is 5.59. The smallest absolute Gasteiger partial charge is 0.137 e. The van der Waals surface area contributed by atoms with E-state index >= 15 is 0 Å². The monoisotopic (exact) mass is 224 g/mol. The lowest BCUT2D eigenvalue weighted by atomic mass is 9.79. The van der Waals surface area contributed by atoms with Gasteiger partial charge >= 0.3 is 0 Å². The Bertz CT molecular complexity index is 325. The molecule has 1 aromatic heterocycles. The minimum absolute atomic E-state index is 0.227. The van der Waals surface area contributed by atoms with Crippen LogP contribution in [0.3, 0.4) is 0 Å². The molecule has 0 aliphatic carbocycles. The first-order valence-corrected chi connectivity index (χ1v) is 6.05. The summed E-state index contributed by atoms with van der Waals surface area (Å²) in [5.41, 5.74) is 0.227. The predicted octanol–water partition coefficient (Wildman–Crippen LogP) is 3.01. The highest BCUT2D eigenvalue weighted by Crippen LogP contribution is 2.32. The molecule has 0 fully saturated rings. The van der Waals surface area contributed by atoms with E-state index in [-0.39, 0.29) is 5.41 Å². The molecular formula is C13H24N2O. The normalized spacial score (nSPS) is 16.1. The molecule has 0 aliphatic rings. The number of rotatable bonds is 4. The molecule has 0 saturated heterocycles. The van der Waals surface area contributed by atoms with Crippen LogP contribution in [0.1, 0.15) is 53.0 Å². The largest absolute Gasteiger partial charge is 0.385 e. The van der Waals surface area contributed by atoms with Crippen molar-refractivity contribution in [3.63, 3.8) is 0 Å². The summed E-state index contributed by atoms with van der Waals surface area (Å²) in [7, 11) is 0. The second kappa shape index (κ2) is 5.00. The fourth-order valence-corrected chi connectivity index (χ4v) is 1.68. The SMILES string of the molecule is CCn1ccnc1C(O)CC(C)C(C)(C)C. The van der Waals surface area contributed by atoms with Crippen LogP contribution in [-0.2, 0) is 6.54 Å². The van der Waals surface area contributed by atoms with Gasteiger partial charge in [-0.05, 0) is 24.7 Å². The Morgan fingerprint density at radius 2 is 2.06 bits per heavy atom. The minimum atomic E-state index is -0.454. The zero-order valence-electron chi connectivity index (χ0n) is 11.1. The Balaban J connectivity index is 2.69. The first kappa shape index (κ1) is 13.2. The van der Waals surface area contributed by atoms with Crippen LogP contribution in [0.25, 0.3) is 0 Å². The molecule has 0 bridgehead atoms. The molecule has 2 unspecified atom stereocenters. The molecule has 1 N–H and O–H groups in total. The molecule has 1 aromatic rings. The van der Waals surface area contributed by atoms with Gasteiger partial charge in [-0.3, -0.25) is 0 Å². The molecule has 0 amide bonds. The number of aliphatic hydroxyl groups is 1. The molecule has 1 heterocycles. The summed E-state index contributed by atoms with van der Waals surface area (Å²) in [5.74, 6) is 1.25. The van der Waals surface area contributed by atoms with Crippen LogP contribution in [0.5, 0.6) is 0 Å². The van der Waals surface area contributed by atoms with Crippen molar-refractivity contribution in [2.24, 2.45) is 11.3 Å². The van der Waals surface area contributed by atoms with Gasteiger partial charge < -0.3 is 9.67 Å². The van der Waals surface area contributed by atoms with Crippen molar-refractivity contribution in [3.8, 4) is 0 Å². The highest BCUT2D eigenvalue weighted by molar-refractivity contribution is 4.97. The Labute approximate surface area is 98.5 Å². The van der Waals surface area contributed by atoms with Crippen molar-refractivity contribution in [3.05, 3.63) is 18.2 Å². The molecule has 16 heavy (non-hydrogen) atoms. The molecule has 0 aliphatic heterocycles. The number of hydrogen-bond acceptors (Lipinski definition) is 2. The van der Waals surface area contributed by atoms with E-state index in [0.29, 0.717) is 5.92 Å². The topological polar surface area (TPSA) is 38.0 Å². The molecule has 0 saturated carbocycles. The summed E-state index contributed by atoms with van der Waals surface area (Å²) < 4.78 is 2.00. The fourth-order valence-electron chi connectivity index (χ4n) is 1.68. The quantitative estimate of drug-likeness (QED) is 0.853. The third-order valence-corrected chi connectivity index (χ3v) is 3.44. The summed E-state index contributed by atoms with van der Waals surface area (Å²) in [5, 5.41) is 10.2. The summed E-state index contributed by atoms with van der Waals surface area (Å²) in [6.07, 6.45) is 3.98. The van der Waals surface area contributed by atoms with Gasteiger partial charge in [0.15, 0.2) is 0 Å². The van der Waals surface area contributed by atoms with Crippen LogP contribution in [0, 0.1) is 11.3 Å². The molecular weight excluding hydrogens is 200 g/mol. The van der Waals surface area contributed by atoms with Crippen molar-refractivity contribution >= 4 is 0 Å². The molecule has 0 aromatic carbocycles. The number of aryl methyl sites for hydroxylation is 1. The van der Waals surface area contributed by atoms with Crippen molar-refractivity contribution in [2.75, 3.05) is 0 Å². The molecule has 92 valence electrons. The molecule has 2 atom stereocenters. The molecule has 0 spiro atoms. The average molecular weight is 224 g/mol. The van der Waals surface area contributed by atoms with Crippen LogP contribution in [0.2, 0.25) is 0 Å². The maximum atomic E-state index is 10.2. The Kier molecular flexibility index (Phi) is 4.14. The summed E-state index contributed by atoms with van der Waals surface area (Å²) in [4.78, 5) is 4.24. The lowest BCUT2D eigenvalue weighted by Crippen LogP contribution is -2.21. The Morgan fingerprint density at radius 1 is 1.44 bits per heavy atom. The number of aromatic nitrogens is 2. The van der Waals surface area contributed by atoms with Crippen molar-refractivity contribution in [2.45, 2.75) is 53.7 Å². The zero-order valence-corrected chi connectivity index (χ0v) is 11.1. The van der Waals surface area contributed by atoms with E-state index in [9.17, 15) is 5.11 Å². The van der Waals surface area contributed by atoms with Gasteiger partial charge in [0.25, 0.3) is 0 Å². The van der Waals surface area contributed by atoms with Crippen LogP contribution >= 0.6 is 0 Å². The van der Waals surface area contributed by atoms with Gasteiger partial charge in [0.05, 0.1) is 0 Å². The highest BCUT2D eigenvalue weighted by atomic mass is 16.3. The average Bonchev–Trinajstić information content (AvgIpc) is 2.63. The van der Waals surface area contributed by atoms with Gasteiger partial charge in [-0.25, -0.2) is 4.98 Å². The maximum absolute atomic E-state index is 10.2. The third-order valence-electron chi connectivity index (χ3n) is 3.44. The van der Waals surface area contributed by atoms with Gasteiger partial charge in [0.1, 0.15) is 11.9 Å². The van der Waals surface area contributed by atoms with Crippen molar-refractivity contribution in [1.29, 1.82) is 0 Å². The van der Waals surface area contributed by atoms with Crippen LogP contribution in [0.4, 0.5) is 0 Å². The van der Waals surface area contributed by atoms with Gasteiger partial charge in [-0.1, -0.05) is 27.7 Å². The predicted molar refractivity (Wildman–Crippen MR) is 66.1 cm³/mol. The third kappa shape index (κ3) is 3.08. The lowest BCUT2D eigenvalue weighted by molar-refractivity contribution is 0.101. The van der Waals surface area contributed by atoms with E-state index in [1.54, 1.807) is 6.20 Å². The first-order chi connectivity index (χ1) is 7.36. The number of aliphatic hydroxyl groups excluding tert-OH is 1. The van der Waals surface area contributed by atoms with Gasteiger partial charge in [-0.15, -0.1) is 0 Å². The highest BCUT2D eigenvalue weighted by Gasteiger charge is 2.25. The number of hydrogen-bond donors (Lipinski definition) is 1.